The van der Waals surface area contributed by atoms with Crippen LogP contribution < -0.4 is 15.8 Å². The lowest BCUT2D eigenvalue weighted by Crippen LogP contribution is -2.25. The number of para-hydroxylation sites is 2. The van der Waals surface area contributed by atoms with Gasteiger partial charge in [-0.1, -0.05) is 12.1 Å². The average Bonchev–Trinajstić information content (AvgIpc) is 2.30. The molecule has 0 radical (unpaired) electrons. The number of halogens is 3. The van der Waals surface area contributed by atoms with Gasteiger partial charge >= 0.3 is 6.36 Å². The maximum Gasteiger partial charge on any atom is 0.573 e. The first-order valence-electron chi connectivity index (χ1n) is 5.33. The third-order valence-corrected chi connectivity index (χ3v) is 1.95. The van der Waals surface area contributed by atoms with Crippen molar-refractivity contribution in [2.75, 3.05) is 25.6 Å². The summed E-state index contributed by atoms with van der Waals surface area (Å²) in [7, 11) is 1.51. The highest BCUT2D eigenvalue weighted by Crippen LogP contribution is 2.29. The summed E-state index contributed by atoms with van der Waals surface area (Å²) in [6, 6.07) is 5.55. The smallest absolute Gasteiger partial charge is 0.404 e. The van der Waals surface area contributed by atoms with Gasteiger partial charge in [0.05, 0.1) is 18.8 Å². The number of anilines is 1. The highest BCUT2D eigenvalue weighted by Gasteiger charge is 2.32. The molecule has 0 saturated carbocycles. The molecule has 0 bridgehead atoms. The summed E-state index contributed by atoms with van der Waals surface area (Å²) in [5.74, 6) is -0.393. The Morgan fingerprint density at radius 2 is 2.05 bits per heavy atom. The second-order valence-corrected chi connectivity index (χ2v) is 3.43. The number of rotatable bonds is 5. The van der Waals surface area contributed by atoms with E-state index in [9.17, 15) is 13.2 Å². The molecule has 106 valence electrons. The Morgan fingerprint density at radius 3 is 2.68 bits per heavy atom. The van der Waals surface area contributed by atoms with Gasteiger partial charge in [0, 0.05) is 7.11 Å². The minimum absolute atomic E-state index is 0.0183. The van der Waals surface area contributed by atoms with Crippen LogP contribution in [0.15, 0.2) is 29.3 Å². The van der Waals surface area contributed by atoms with Gasteiger partial charge in [-0.25, -0.2) is 0 Å². The molecule has 5 nitrogen and oxygen atoms in total. The molecule has 0 heterocycles. The fraction of sp³-hybridized carbons (Fsp3) is 0.364. The molecule has 8 heteroatoms. The first-order valence-corrected chi connectivity index (χ1v) is 5.33. The Bertz CT molecular complexity index is 435. The molecule has 0 saturated heterocycles. The maximum absolute atomic E-state index is 12.2. The van der Waals surface area contributed by atoms with Crippen LogP contribution in [0, 0.1) is 0 Å². The van der Waals surface area contributed by atoms with Gasteiger partial charge in [-0.05, 0) is 12.1 Å². The zero-order valence-corrected chi connectivity index (χ0v) is 10.2. The molecule has 3 N–H and O–H groups in total. The van der Waals surface area contributed by atoms with Crippen LogP contribution in [0.2, 0.25) is 0 Å². The highest BCUT2D eigenvalue weighted by molar-refractivity contribution is 5.93. The number of nitrogens with two attached hydrogens (primary N) is 1. The molecule has 1 rings (SSSR count). The van der Waals surface area contributed by atoms with Crippen molar-refractivity contribution in [3.05, 3.63) is 24.3 Å². The second-order valence-electron chi connectivity index (χ2n) is 3.43. The van der Waals surface area contributed by atoms with Crippen molar-refractivity contribution >= 4 is 11.6 Å². The lowest BCUT2D eigenvalue weighted by atomic mass is 10.3. The predicted molar refractivity (Wildman–Crippen MR) is 65.1 cm³/mol. The standard InChI is InChI=1S/C11H14F3N3O2/c1-18-7-6-16-10(15)17-8-4-2-3-5-9(8)19-11(12,13)14/h2-5H,6-7H2,1H3,(H3,15,16,17). The maximum atomic E-state index is 12.2. The van der Waals surface area contributed by atoms with E-state index < -0.39 is 6.36 Å². The number of alkyl halides is 3. The molecule has 0 aromatic heterocycles. The van der Waals surface area contributed by atoms with Crippen LogP contribution in [0.1, 0.15) is 0 Å². The number of nitrogens with one attached hydrogen (secondary N) is 1. The van der Waals surface area contributed by atoms with Crippen LogP contribution in [-0.4, -0.2) is 32.6 Å². The van der Waals surface area contributed by atoms with Crippen molar-refractivity contribution in [2.24, 2.45) is 10.7 Å². The molecule has 0 atom stereocenters. The SMILES string of the molecule is COCCN=C(N)Nc1ccccc1OC(F)(F)F. The van der Waals surface area contributed by atoms with Crippen molar-refractivity contribution in [3.63, 3.8) is 0 Å². The van der Waals surface area contributed by atoms with E-state index in [1.807, 2.05) is 0 Å². The lowest BCUT2D eigenvalue weighted by molar-refractivity contribution is -0.274. The van der Waals surface area contributed by atoms with Gasteiger partial charge in [0.2, 0.25) is 0 Å². The fourth-order valence-corrected chi connectivity index (χ4v) is 1.22. The number of hydrogen-bond donors (Lipinski definition) is 2. The van der Waals surface area contributed by atoms with Crippen LogP contribution in [0.25, 0.3) is 0 Å². The Hall–Kier alpha value is -1.96. The third-order valence-electron chi connectivity index (χ3n) is 1.95. The van der Waals surface area contributed by atoms with Gasteiger partial charge in [0.25, 0.3) is 0 Å². The first-order chi connectivity index (χ1) is 8.92. The number of hydrogen-bond acceptors (Lipinski definition) is 3. The summed E-state index contributed by atoms with van der Waals surface area (Å²) in [6.45, 7) is 0.667. The van der Waals surface area contributed by atoms with Crippen molar-refractivity contribution in [3.8, 4) is 5.75 Å². The van der Waals surface area contributed by atoms with Gasteiger partial charge < -0.3 is 20.5 Å². The van der Waals surface area contributed by atoms with Crippen LogP contribution in [-0.2, 0) is 4.74 Å². The molecule has 0 aliphatic carbocycles. The molecule has 1 aromatic rings. The van der Waals surface area contributed by atoms with E-state index in [0.717, 1.165) is 0 Å². The topological polar surface area (TPSA) is 68.9 Å². The Labute approximate surface area is 108 Å². The molecular formula is C11H14F3N3O2. The molecule has 0 fully saturated rings. The summed E-state index contributed by atoms with van der Waals surface area (Å²) >= 11 is 0. The Balaban J connectivity index is 2.75. The quantitative estimate of drug-likeness (QED) is 0.490. The van der Waals surface area contributed by atoms with Crippen LogP contribution in [0.5, 0.6) is 5.75 Å². The van der Waals surface area contributed by atoms with Crippen molar-refractivity contribution in [2.45, 2.75) is 6.36 Å². The lowest BCUT2D eigenvalue weighted by Gasteiger charge is -2.14. The van der Waals surface area contributed by atoms with Crippen LogP contribution in [0.3, 0.4) is 0 Å². The second kappa shape index (κ2) is 6.83. The number of guanidine groups is 1. The molecule has 19 heavy (non-hydrogen) atoms. The molecule has 0 amide bonds. The summed E-state index contributed by atoms with van der Waals surface area (Å²) in [5.41, 5.74) is 5.61. The zero-order chi connectivity index (χ0) is 14.3. The number of ether oxygens (including phenoxy) is 2. The predicted octanol–water partition coefficient (Wildman–Crippen LogP) is 1.96. The number of nitrogens with zero attached hydrogens (tertiary/aromatic N) is 1. The Morgan fingerprint density at radius 1 is 1.37 bits per heavy atom. The Kier molecular flexibility index (Phi) is 5.43. The number of aliphatic imine (C=N–C) groups is 1. The van der Waals surface area contributed by atoms with Crippen molar-refractivity contribution in [1.82, 2.24) is 0 Å². The van der Waals surface area contributed by atoms with Crippen molar-refractivity contribution in [1.29, 1.82) is 0 Å². The molecule has 0 unspecified atom stereocenters. The summed E-state index contributed by atoms with van der Waals surface area (Å²) in [5, 5.41) is 2.54. The normalized spacial score (nSPS) is 12.3. The first kappa shape index (κ1) is 15.1. The van der Waals surface area contributed by atoms with E-state index in [4.69, 9.17) is 10.5 Å². The van der Waals surface area contributed by atoms with E-state index in [0.29, 0.717) is 13.2 Å². The minimum atomic E-state index is -4.76. The largest absolute Gasteiger partial charge is 0.573 e. The zero-order valence-electron chi connectivity index (χ0n) is 10.2. The fourth-order valence-electron chi connectivity index (χ4n) is 1.22. The number of methoxy groups -OCH3 is 1. The summed E-state index contributed by atoms with van der Waals surface area (Å²) in [6.07, 6.45) is -4.76. The third kappa shape index (κ3) is 5.96. The minimum Gasteiger partial charge on any atom is -0.404 e. The average molecular weight is 277 g/mol. The van der Waals surface area contributed by atoms with Gasteiger partial charge in [-0.2, -0.15) is 0 Å². The van der Waals surface area contributed by atoms with Crippen LogP contribution in [0.4, 0.5) is 18.9 Å². The van der Waals surface area contributed by atoms with Gasteiger partial charge in [-0.3, -0.25) is 4.99 Å². The van der Waals surface area contributed by atoms with Crippen molar-refractivity contribution < 1.29 is 22.6 Å². The van der Waals surface area contributed by atoms with Gasteiger partial charge in [0.1, 0.15) is 0 Å². The summed E-state index contributed by atoms with van der Waals surface area (Å²) < 4.78 is 45.2. The van der Waals surface area contributed by atoms with Crippen LogP contribution >= 0.6 is 0 Å². The molecule has 0 spiro atoms. The molecular weight excluding hydrogens is 263 g/mol. The molecule has 0 aliphatic rings. The molecule has 1 aromatic carbocycles. The van der Waals surface area contributed by atoms with E-state index >= 15 is 0 Å². The van der Waals surface area contributed by atoms with E-state index in [1.165, 1.54) is 25.3 Å². The van der Waals surface area contributed by atoms with Gasteiger partial charge in [0.15, 0.2) is 11.7 Å². The highest BCUT2D eigenvalue weighted by atomic mass is 19.4. The molecule has 0 aliphatic heterocycles. The number of benzene rings is 1. The monoisotopic (exact) mass is 277 g/mol. The van der Waals surface area contributed by atoms with Gasteiger partial charge in [-0.15, -0.1) is 13.2 Å². The van der Waals surface area contributed by atoms with E-state index in [-0.39, 0.29) is 17.4 Å². The van der Waals surface area contributed by atoms with E-state index in [2.05, 4.69) is 15.0 Å². The van der Waals surface area contributed by atoms with E-state index in [1.54, 1.807) is 6.07 Å². The summed E-state index contributed by atoms with van der Waals surface area (Å²) in [4.78, 5) is 3.87.